The van der Waals surface area contributed by atoms with Gasteiger partial charge in [-0.25, -0.2) is 4.98 Å². The molecule has 1 saturated heterocycles. The van der Waals surface area contributed by atoms with E-state index in [0.29, 0.717) is 0 Å². The van der Waals surface area contributed by atoms with Crippen molar-refractivity contribution in [2.45, 2.75) is 17.2 Å². The van der Waals surface area contributed by atoms with Gasteiger partial charge in [0.25, 0.3) is 0 Å². The zero-order chi connectivity index (χ0) is 11.1. The van der Waals surface area contributed by atoms with Gasteiger partial charge in [-0.1, -0.05) is 11.8 Å². The first-order valence-electron chi connectivity index (χ1n) is 5.76. The third-order valence-corrected chi connectivity index (χ3v) is 4.64. The molecule has 1 atom stereocenters. The summed E-state index contributed by atoms with van der Waals surface area (Å²) in [7, 11) is 0. The smallest absolute Gasteiger partial charge is 0.149 e. The first-order valence-corrected chi connectivity index (χ1v) is 7.62. The van der Waals surface area contributed by atoms with Crippen molar-refractivity contribution in [2.24, 2.45) is 5.92 Å². The molecule has 0 aliphatic carbocycles. The summed E-state index contributed by atoms with van der Waals surface area (Å²) in [4.78, 5) is 4.24. The third kappa shape index (κ3) is 4.41. The molecule has 2 rings (SSSR count). The molecule has 0 radical (unpaired) electrons. The second-order valence-electron chi connectivity index (χ2n) is 3.93. The fourth-order valence-corrected chi connectivity index (χ4v) is 3.34. The van der Waals surface area contributed by atoms with Gasteiger partial charge >= 0.3 is 0 Å². The average Bonchev–Trinajstić information content (AvgIpc) is 2.96. The minimum atomic E-state index is 0.742. The largest absolute Gasteiger partial charge is 0.381 e. The zero-order valence-corrected chi connectivity index (χ0v) is 11.0. The standard InChI is InChI=1S/C11H18N2OS2/c1(6-15-11-13-4-7-16-11)3-12-8-10-2-5-14-9-10/h4,7,10,12H,1-3,5-6,8-9H2. The maximum Gasteiger partial charge on any atom is 0.149 e. The first-order chi connectivity index (χ1) is 7.95. The second kappa shape index (κ2) is 7.27. The molecule has 3 nitrogen and oxygen atoms in total. The Bertz CT molecular complexity index is 274. The van der Waals surface area contributed by atoms with E-state index in [1.807, 2.05) is 23.3 Å². The average molecular weight is 258 g/mol. The maximum absolute atomic E-state index is 5.33. The Labute approximate surface area is 105 Å². The van der Waals surface area contributed by atoms with Gasteiger partial charge in [-0.2, -0.15) is 0 Å². The van der Waals surface area contributed by atoms with Crippen LogP contribution in [0, 0.1) is 5.92 Å². The molecule has 1 aromatic heterocycles. The molecule has 0 amide bonds. The van der Waals surface area contributed by atoms with Crippen LogP contribution in [-0.4, -0.2) is 37.0 Å². The van der Waals surface area contributed by atoms with E-state index in [-0.39, 0.29) is 0 Å². The minimum absolute atomic E-state index is 0.742. The Kier molecular flexibility index (Phi) is 5.62. The molecule has 0 spiro atoms. The maximum atomic E-state index is 5.33. The topological polar surface area (TPSA) is 34.1 Å². The predicted octanol–water partition coefficient (Wildman–Crippen LogP) is 2.25. The van der Waals surface area contributed by atoms with Crippen molar-refractivity contribution in [1.29, 1.82) is 0 Å². The van der Waals surface area contributed by atoms with E-state index in [1.54, 1.807) is 11.3 Å². The van der Waals surface area contributed by atoms with Crippen molar-refractivity contribution in [3.63, 3.8) is 0 Å². The Morgan fingerprint density at radius 1 is 1.62 bits per heavy atom. The zero-order valence-electron chi connectivity index (χ0n) is 9.35. The van der Waals surface area contributed by atoms with Crippen LogP contribution in [0.25, 0.3) is 0 Å². The van der Waals surface area contributed by atoms with Crippen molar-refractivity contribution >= 4 is 23.1 Å². The van der Waals surface area contributed by atoms with E-state index in [0.717, 1.165) is 38.0 Å². The number of aromatic nitrogens is 1. The number of nitrogens with zero attached hydrogens (tertiary/aromatic N) is 1. The van der Waals surface area contributed by atoms with Gasteiger partial charge in [0.05, 0.1) is 6.61 Å². The van der Waals surface area contributed by atoms with Gasteiger partial charge in [-0.3, -0.25) is 0 Å². The van der Waals surface area contributed by atoms with Crippen LogP contribution in [-0.2, 0) is 4.74 Å². The molecule has 1 unspecified atom stereocenters. The Morgan fingerprint density at radius 2 is 2.62 bits per heavy atom. The summed E-state index contributed by atoms with van der Waals surface area (Å²) in [5.41, 5.74) is 0. The Hall–Kier alpha value is -0.100. The highest BCUT2D eigenvalue weighted by Gasteiger charge is 2.14. The molecule has 1 N–H and O–H groups in total. The Morgan fingerprint density at radius 3 is 3.38 bits per heavy atom. The molecule has 90 valence electrons. The first kappa shape index (κ1) is 12.4. The van der Waals surface area contributed by atoms with E-state index in [4.69, 9.17) is 4.74 Å². The molecule has 0 bridgehead atoms. The normalized spacial score (nSPS) is 20.4. The summed E-state index contributed by atoms with van der Waals surface area (Å²) in [5, 5.41) is 5.53. The summed E-state index contributed by atoms with van der Waals surface area (Å²) >= 11 is 3.57. The van der Waals surface area contributed by atoms with Crippen LogP contribution in [0.15, 0.2) is 15.9 Å². The van der Waals surface area contributed by atoms with Gasteiger partial charge in [0.15, 0.2) is 0 Å². The van der Waals surface area contributed by atoms with E-state index in [1.165, 1.54) is 17.2 Å². The lowest BCUT2D eigenvalue weighted by atomic mass is 10.1. The fourth-order valence-electron chi connectivity index (χ4n) is 1.69. The number of thiazole rings is 1. The van der Waals surface area contributed by atoms with Gasteiger partial charge in [0.1, 0.15) is 4.34 Å². The predicted molar refractivity (Wildman–Crippen MR) is 69.3 cm³/mol. The van der Waals surface area contributed by atoms with Crippen LogP contribution >= 0.6 is 23.1 Å². The van der Waals surface area contributed by atoms with Crippen LogP contribution in [0.1, 0.15) is 12.8 Å². The van der Waals surface area contributed by atoms with Gasteiger partial charge in [-0.05, 0) is 25.3 Å². The number of hydrogen-bond donors (Lipinski definition) is 1. The fraction of sp³-hybridized carbons (Fsp3) is 0.727. The van der Waals surface area contributed by atoms with Crippen LogP contribution < -0.4 is 5.32 Å². The van der Waals surface area contributed by atoms with E-state index in [2.05, 4.69) is 10.3 Å². The molecule has 0 aromatic carbocycles. The van der Waals surface area contributed by atoms with E-state index < -0.39 is 0 Å². The molecule has 1 aliphatic rings. The minimum Gasteiger partial charge on any atom is -0.381 e. The monoisotopic (exact) mass is 258 g/mol. The lowest BCUT2D eigenvalue weighted by Crippen LogP contribution is -2.24. The van der Waals surface area contributed by atoms with Crippen LogP contribution in [0.2, 0.25) is 0 Å². The quantitative estimate of drug-likeness (QED) is 0.601. The molecule has 1 aromatic rings. The summed E-state index contributed by atoms with van der Waals surface area (Å²) in [5.74, 6) is 1.90. The van der Waals surface area contributed by atoms with Gasteiger partial charge < -0.3 is 10.1 Å². The summed E-state index contributed by atoms with van der Waals surface area (Å²) in [6.07, 6.45) is 4.30. The van der Waals surface area contributed by atoms with Crippen LogP contribution in [0.4, 0.5) is 0 Å². The molecule has 1 fully saturated rings. The summed E-state index contributed by atoms with van der Waals surface area (Å²) in [6, 6.07) is 0. The lowest BCUT2D eigenvalue weighted by Gasteiger charge is -2.08. The SMILES string of the molecule is c1csc(SCCCNCC2CCOC2)n1. The highest BCUT2D eigenvalue weighted by Crippen LogP contribution is 2.20. The molecule has 16 heavy (non-hydrogen) atoms. The third-order valence-electron chi connectivity index (χ3n) is 2.59. The highest BCUT2D eigenvalue weighted by atomic mass is 32.2. The van der Waals surface area contributed by atoms with Crippen LogP contribution in [0.3, 0.4) is 0 Å². The Balaban J connectivity index is 1.43. The van der Waals surface area contributed by atoms with Crippen LogP contribution in [0.5, 0.6) is 0 Å². The molecule has 5 heteroatoms. The van der Waals surface area contributed by atoms with E-state index >= 15 is 0 Å². The molecule has 0 saturated carbocycles. The number of ether oxygens (including phenoxy) is 1. The van der Waals surface area contributed by atoms with Crippen molar-refractivity contribution < 1.29 is 4.74 Å². The van der Waals surface area contributed by atoms with Gasteiger partial charge in [-0.15, -0.1) is 11.3 Å². The summed E-state index contributed by atoms with van der Waals surface area (Å²) < 4.78 is 6.52. The van der Waals surface area contributed by atoms with Gasteiger partial charge in [0.2, 0.25) is 0 Å². The molecular weight excluding hydrogens is 240 g/mol. The number of rotatable bonds is 7. The number of thioether (sulfide) groups is 1. The number of hydrogen-bond acceptors (Lipinski definition) is 5. The second-order valence-corrected chi connectivity index (χ2v) is 6.17. The number of nitrogens with one attached hydrogen (secondary N) is 1. The molecule has 2 heterocycles. The van der Waals surface area contributed by atoms with Crippen molar-refractivity contribution in [3.8, 4) is 0 Å². The summed E-state index contributed by atoms with van der Waals surface area (Å²) in [6.45, 7) is 4.11. The van der Waals surface area contributed by atoms with E-state index in [9.17, 15) is 0 Å². The van der Waals surface area contributed by atoms with Gasteiger partial charge in [0, 0.05) is 30.5 Å². The lowest BCUT2D eigenvalue weighted by molar-refractivity contribution is 0.185. The van der Waals surface area contributed by atoms with Crippen molar-refractivity contribution in [2.75, 3.05) is 32.1 Å². The highest BCUT2D eigenvalue weighted by molar-refractivity contribution is 8.00. The van der Waals surface area contributed by atoms with Crippen molar-refractivity contribution in [3.05, 3.63) is 11.6 Å². The molecular formula is C11H18N2OS2. The van der Waals surface area contributed by atoms with Crippen molar-refractivity contribution in [1.82, 2.24) is 10.3 Å². The molecule has 1 aliphatic heterocycles.